The fraction of sp³-hybridized carbons (Fsp3) is 0.392. The molecule has 2 fully saturated rings. The molecule has 0 aromatic heterocycles. The zero-order valence-corrected chi connectivity index (χ0v) is 42.2. The lowest BCUT2D eigenvalue weighted by Gasteiger charge is -2.36. The molecule has 3 atom stereocenters. The summed E-state index contributed by atoms with van der Waals surface area (Å²) >= 11 is 7.56. The SMILES string of the molecule is CCN(CC)CC1CN(CC[C@@H](CSc2ccccc2)Nc2ccc(S(=O)(=O)NC(=O)c3ccc(N4CCC([C@H](O)c5ccccc5-c5ccc(Cl)cc5)CC4)cc3)cc2S(=O)(=O)C(F)(F)F)CCO1. The van der Waals surface area contributed by atoms with Crippen molar-refractivity contribution in [3.63, 3.8) is 0 Å². The van der Waals surface area contributed by atoms with E-state index in [0.29, 0.717) is 75.4 Å². The first-order valence-corrected chi connectivity index (χ1v) is 27.7. The van der Waals surface area contributed by atoms with Crippen LogP contribution in [-0.2, 0) is 24.6 Å². The van der Waals surface area contributed by atoms with E-state index in [1.807, 2.05) is 83.6 Å². The van der Waals surface area contributed by atoms with Crippen molar-refractivity contribution in [1.82, 2.24) is 14.5 Å². The van der Waals surface area contributed by atoms with Crippen LogP contribution in [0, 0.1) is 5.92 Å². The van der Waals surface area contributed by atoms with E-state index in [1.165, 1.54) is 23.9 Å². The minimum absolute atomic E-state index is 0.0204. The highest BCUT2D eigenvalue weighted by Crippen LogP contribution is 2.39. The number of benzene rings is 5. The number of likely N-dealkylation sites (N-methyl/N-ethyl adjacent to an activating group) is 1. The number of aliphatic hydroxyl groups excluding tert-OH is 1. The molecule has 2 heterocycles. The third-order valence-electron chi connectivity index (χ3n) is 12.9. The van der Waals surface area contributed by atoms with Crippen LogP contribution in [0.15, 0.2) is 136 Å². The third kappa shape index (κ3) is 13.4. The molecule has 1 amide bonds. The monoisotopic (exact) mass is 1040 g/mol. The third-order valence-corrected chi connectivity index (χ3v) is 17.2. The van der Waals surface area contributed by atoms with Crippen molar-refractivity contribution in [2.45, 2.75) is 71.6 Å². The Morgan fingerprint density at radius 1 is 0.886 bits per heavy atom. The van der Waals surface area contributed by atoms with Crippen molar-refractivity contribution in [1.29, 1.82) is 0 Å². The van der Waals surface area contributed by atoms with Crippen LogP contribution < -0.4 is 14.9 Å². The van der Waals surface area contributed by atoms with Gasteiger partial charge in [-0.25, -0.2) is 21.6 Å². The molecular formula is C51H59ClF3N5O7S3. The molecule has 19 heteroatoms. The fourth-order valence-corrected chi connectivity index (χ4v) is 12.0. The molecule has 0 saturated carbocycles. The molecule has 0 radical (unpaired) electrons. The normalized spacial score (nSPS) is 17.3. The molecule has 5 aromatic carbocycles. The number of nitrogens with zero attached hydrogens (tertiary/aromatic N) is 3. The number of anilines is 2. The smallest absolute Gasteiger partial charge is 0.388 e. The van der Waals surface area contributed by atoms with Crippen LogP contribution in [0.4, 0.5) is 24.5 Å². The van der Waals surface area contributed by atoms with Gasteiger partial charge in [0.05, 0.1) is 29.4 Å². The van der Waals surface area contributed by atoms with E-state index in [2.05, 4.69) is 33.9 Å². The van der Waals surface area contributed by atoms with Crippen molar-refractivity contribution in [3.05, 3.63) is 137 Å². The Morgan fingerprint density at radius 2 is 1.56 bits per heavy atom. The number of hydrogen-bond donors (Lipinski definition) is 3. The number of halogens is 4. The van der Waals surface area contributed by atoms with E-state index >= 15 is 0 Å². The Kier molecular flexibility index (Phi) is 18.0. The summed E-state index contributed by atoms with van der Waals surface area (Å²) in [7, 11) is -11.0. The minimum atomic E-state index is -6.10. The average Bonchev–Trinajstić information content (AvgIpc) is 3.36. The molecule has 2 saturated heterocycles. The summed E-state index contributed by atoms with van der Waals surface area (Å²) in [6.07, 6.45) is 1.04. The number of sulfonamides is 1. The Balaban J connectivity index is 1.03. The molecule has 0 aliphatic carbocycles. The van der Waals surface area contributed by atoms with Crippen LogP contribution >= 0.6 is 23.4 Å². The van der Waals surface area contributed by atoms with E-state index in [4.69, 9.17) is 16.3 Å². The van der Waals surface area contributed by atoms with E-state index in [9.17, 15) is 39.9 Å². The number of carbonyl (C=O) groups excluding carboxylic acids is 1. The van der Waals surface area contributed by atoms with Crippen molar-refractivity contribution < 1.29 is 44.6 Å². The highest BCUT2D eigenvalue weighted by Gasteiger charge is 2.48. The molecule has 2 aliphatic rings. The van der Waals surface area contributed by atoms with Gasteiger partial charge < -0.3 is 25.0 Å². The number of sulfone groups is 1. The van der Waals surface area contributed by atoms with Gasteiger partial charge >= 0.3 is 5.51 Å². The first kappa shape index (κ1) is 53.1. The Bertz CT molecular complexity index is 2750. The predicted molar refractivity (Wildman–Crippen MR) is 271 cm³/mol. The number of rotatable bonds is 20. The zero-order chi connectivity index (χ0) is 50.1. The molecule has 5 aromatic rings. The Labute approximate surface area is 418 Å². The summed E-state index contributed by atoms with van der Waals surface area (Å²) in [5.74, 6) is -0.733. The summed E-state index contributed by atoms with van der Waals surface area (Å²) in [5.41, 5.74) is -2.75. The molecular weight excluding hydrogens is 983 g/mol. The lowest BCUT2D eigenvalue weighted by Crippen LogP contribution is -2.48. The summed E-state index contributed by atoms with van der Waals surface area (Å²) in [5, 5.41) is 15.2. The number of amides is 1. The molecule has 70 heavy (non-hydrogen) atoms. The average molecular weight is 1040 g/mol. The number of piperidine rings is 1. The first-order valence-electron chi connectivity index (χ1n) is 23.4. The van der Waals surface area contributed by atoms with Gasteiger partial charge in [0.1, 0.15) is 4.90 Å². The number of hydrogen-bond acceptors (Lipinski definition) is 12. The maximum Gasteiger partial charge on any atom is 0.501 e. The summed E-state index contributed by atoms with van der Waals surface area (Å²) in [6.45, 7) is 10.3. The van der Waals surface area contributed by atoms with Gasteiger partial charge in [0.25, 0.3) is 25.8 Å². The maximum atomic E-state index is 14.3. The number of ether oxygens (including phenoxy) is 1. The topological polar surface area (TPSA) is 149 Å². The Morgan fingerprint density at radius 3 is 2.23 bits per heavy atom. The van der Waals surface area contributed by atoms with Crippen LogP contribution in [0.3, 0.4) is 0 Å². The van der Waals surface area contributed by atoms with E-state index in [-0.39, 0.29) is 17.6 Å². The molecule has 3 N–H and O–H groups in total. The lowest BCUT2D eigenvalue weighted by atomic mass is 9.84. The summed E-state index contributed by atoms with van der Waals surface area (Å²) in [6, 6.07) is 32.7. The molecule has 0 spiro atoms. The van der Waals surface area contributed by atoms with Crippen LogP contribution in [0.5, 0.6) is 0 Å². The van der Waals surface area contributed by atoms with Gasteiger partial charge in [-0.15, -0.1) is 11.8 Å². The van der Waals surface area contributed by atoms with Gasteiger partial charge in [-0.1, -0.05) is 80.0 Å². The number of alkyl halides is 3. The largest absolute Gasteiger partial charge is 0.501 e. The molecule has 0 bridgehead atoms. The highest BCUT2D eigenvalue weighted by molar-refractivity contribution is 7.99. The van der Waals surface area contributed by atoms with E-state index < -0.39 is 58.9 Å². The standard InChI is InChI=1S/C51H59ClF3N5O7S3/c1-3-58(4-2)33-42-34-59(30-31-67-42)27-26-40(35-68-43-10-6-5-7-11-43)56-47-23-22-44(32-48(47)69(63,64)51(53,54)55)70(65,66)57-50(62)38-16-20-41(21-17-38)60-28-24-37(25-29-60)49(61)46-13-9-8-12-45(46)36-14-18-39(52)19-15-36/h5-23,32,37,40,42,49,56,61H,3-4,24-31,33-35H2,1-2H3,(H,57,62)/t40-,42?,49-/m0/s1. The minimum Gasteiger partial charge on any atom is -0.388 e. The predicted octanol–water partition coefficient (Wildman–Crippen LogP) is 9.37. The first-order chi connectivity index (χ1) is 33.4. The van der Waals surface area contributed by atoms with Gasteiger partial charge in [-0.05, 0) is 122 Å². The molecule has 1 unspecified atom stereocenters. The second-order valence-electron chi connectivity index (χ2n) is 17.5. The number of carbonyl (C=O) groups is 1. The van der Waals surface area contributed by atoms with Gasteiger partial charge in [-0.2, -0.15) is 13.2 Å². The number of aliphatic hydroxyl groups is 1. The molecule has 2 aliphatic heterocycles. The van der Waals surface area contributed by atoms with Gasteiger partial charge in [0.2, 0.25) is 0 Å². The second-order valence-corrected chi connectivity index (χ2v) is 22.6. The van der Waals surface area contributed by atoms with Crippen LogP contribution in [0.2, 0.25) is 5.02 Å². The number of morpholine rings is 1. The van der Waals surface area contributed by atoms with E-state index in [1.54, 1.807) is 12.1 Å². The lowest BCUT2D eigenvalue weighted by molar-refractivity contribution is -0.0436. The van der Waals surface area contributed by atoms with Gasteiger partial charge in [0, 0.05) is 72.2 Å². The van der Waals surface area contributed by atoms with Crippen LogP contribution in [-0.4, -0.2) is 120 Å². The quantitative estimate of drug-likeness (QED) is 0.0638. The number of nitrogens with one attached hydrogen (secondary N) is 2. The molecule has 12 nitrogen and oxygen atoms in total. The summed E-state index contributed by atoms with van der Waals surface area (Å²) < 4.78 is 105. The van der Waals surface area contributed by atoms with Crippen molar-refractivity contribution in [2.24, 2.45) is 5.92 Å². The van der Waals surface area contributed by atoms with Crippen molar-refractivity contribution in [2.75, 3.05) is 74.9 Å². The van der Waals surface area contributed by atoms with Crippen molar-refractivity contribution >= 4 is 60.5 Å². The van der Waals surface area contributed by atoms with Crippen LogP contribution in [0.25, 0.3) is 11.1 Å². The zero-order valence-electron chi connectivity index (χ0n) is 39.0. The van der Waals surface area contributed by atoms with Crippen LogP contribution in [0.1, 0.15) is 55.1 Å². The molecule has 7 rings (SSSR count). The second kappa shape index (κ2) is 23.7. The van der Waals surface area contributed by atoms with Gasteiger partial charge in [0.15, 0.2) is 0 Å². The maximum absolute atomic E-state index is 14.3. The van der Waals surface area contributed by atoms with E-state index in [0.717, 1.165) is 59.0 Å². The highest BCUT2D eigenvalue weighted by atomic mass is 35.5. The number of thioether (sulfide) groups is 1. The van der Waals surface area contributed by atoms with Crippen molar-refractivity contribution in [3.8, 4) is 11.1 Å². The fourth-order valence-electron chi connectivity index (χ4n) is 8.91. The molecule has 376 valence electrons. The summed E-state index contributed by atoms with van der Waals surface area (Å²) in [4.78, 5) is 18.8. The Hall–Kier alpha value is -4.66. The van der Waals surface area contributed by atoms with Gasteiger partial charge in [-0.3, -0.25) is 9.69 Å².